The fraction of sp³-hybridized carbons (Fsp3) is 0.625. The van der Waals surface area contributed by atoms with Crippen LogP contribution in [0.4, 0.5) is 0 Å². The van der Waals surface area contributed by atoms with E-state index >= 15 is 0 Å². The van der Waals surface area contributed by atoms with Crippen molar-refractivity contribution >= 4 is 27.7 Å². The summed E-state index contributed by atoms with van der Waals surface area (Å²) in [4.78, 5) is 18.2. The van der Waals surface area contributed by atoms with Crippen LogP contribution in [0.2, 0.25) is 0 Å². The second kappa shape index (κ2) is 8.82. The summed E-state index contributed by atoms with van der Waals surface area (Å²) in [5.74, 6) is 0.169. The molecule has 1 rings (SSSR count). The lowest BCUT2D eigenvalue weighted by Crippen LogP contribution is -2.34. The summed E-state index contributed by atoms with van der Waals surface area (Å²) in [6.45, 7) is 8.41. The first-order valence-electron chi connectivity index (χ1n) is 7.99. The Balaban J connectivity index is 3.01. The van der Waals surface area contributed by atoms with Crippen LogP contribution in [0.3, 0.4) is 0 Å². The minimum Gasteiger partial charge on any atom is -0.348 e. The van der Waals surface area contributed by atoms with Crippen LogP contribution in [-0.2, 0) is 14.8 Å². The zero-order valence-electron chi connectivity index (χ0n) is 15.2. The highest BCUT2D eigenvalue weighted by Crippen LogP contribution is 2.28. The van der Waals surface area contributed by atoms with Gasteiger partial charge in [-0.2, -0.15) is 4.31 Å². The number of nitrogens with zero attached hydrogens (tertiary/aromatic N) is 3. The first-order valence-corrected chi connectivity index (χ1v) is 10.3. The van der Waals surface area contributed by atoms with E-state index in [0.29, 0.717) is 18.1 Å². The molecule has 0 aliphatic rings. The number of carbonyl (C=O) groups is 1. The lowest BCUT2D eigenvalue weighted by molar-refractivity contribution is -0.128. The maximum atomic E-state index is 12.5. The minimum atomic E-state index is -3.51. The summed E-state index contributed by atoms with van der Waals surface area (Å²) in [5.41, 5.74) is 0. The predicted octanol–water partition coefficient (Wildman–Crippen LogP) is 2.32. The second-order valence-electron chi connectivity index (χ2n) is 5.94. The van der Waals surface area contributed by atoms with Gasteiger partial charge in [-0.05, 0) is 18.1 Å². The summed E-state index contributed by atoms with van der Waals surface area (Å²) in [7, 11) is -0.0509. The monoisotopic (exact) mass is 373 g/mol. The summed E-state index contributed by atoms with van der Waals surface area (Å²) < 4.78 is 26.3. The third-order valence-corrected chi connectivity index (χ3v) is 7.11. The molecule has 1 amide bonds. The standard InChI is InChI=1S/C16H27N3O3S2/c1-7-19(8-2)24(21,22)13-9-10-14(17-11-13)23-15(12(3)4)16(20)18(5)6/h9-12,15H,7-8H2,1-6H3. The molecule has 0 bridgehead atoms. The van der Waals surface area contributed by atoms with Crippen molar-refractivity contribution in [3.63, 3.8) is 0 Å². The maximum Gasteiger partial charge on any atom is 0.244 e. The average Bonchev–Trinajstić information content (AvgIpc) is 2.52. The highest BCUT2D eigenvalue weighted by Gasteiger charge is 2.26. The Morgan fingerprint density at radius 2 is 1.79 bits per heavy atom. The summed E-state index contributed by atoms with van der Waals surface area (Å²) in [6, 6.07) is 3.22. The largest absolute Gasteiger partial charge is 0.348 e. The number of carbonyl (C=O) groups excluding carboxylic acids is 1. The Morgan fingerprint density at radius 3 is 2.17 bits per heavy atom. The van der Waals surface area contributed by atoms with E-state index in [9.17, 15) is 13.2 Å². The third-order valence-electron chi connectivity index (χ3n) is 3.59. The Labute approximate surface area is 149 Å². The van der Waals surface area contributed by atoms with E-state index in [1.807, 2.05) is 13.8 Å². The summed E-state index contributed by atoms with van der Waals surface area (Å²) in [6.07, 6.45) is 1.37. The molecule has 0 saturated heterocycles. The molecule has 0 aromatic carbocycles. The number of amides is 1. The highest BCUT2D eigenvalue weighted by atomic mass is 32.2. The van der Waals surface area contributed by atoms with E-state index in [0.717, 1.165) is 0 Å². The fourth-order valence-corrected chi connectivity index (χ4v) is 4.67. The number of rotatable bonds is 8. The first-order chi connectivity index (χ1) is 11.1. The van der Waals surface area contributed by atoms with Gasteiger partial charge in [-0.15, -0.1) is 0 Å². The SMILES string of the molecule is CCN(CC)S(=O)(=O)c1ccc(SC(C(=O)N(C)C)C(C)C)nc1. The van der Waals surface area contributed by atoms with Gasteiger partial charge in [0.2, 0.25) is 15.9 Å². The predicted molar refractivity (Wildman–Crippen MR) is 97.5 cm³/mol. The Morgan fingerprint density at radius 1 is 1.21 bits per heavy atom. The van der Waals surface area contributed by atoms with Gasteiger partial charge in [0.25, 0.3) is 0 Å². The topological polar surface area (TPSA) is 70.6 Å². The molecule has 1 heterocycles. The van der Waals surface area contributed by atoms with Crippen molar-refractivity contribution in [1.82, 2.24) is 14.2 Å². The fourth-order valence-electron chi connectivity index (χ4n) is 2.16. The summed E-state index contributed by atoms with van der Waals surface area (Å²) in [5, 5.41) is 0.389. The van der Waals surface area contributed by atoms with E-state index in [1.165, 1.54) is 22.3 Å². The van der Waals surface area contributed by atoms with E-state index in [1.54, 1.807) is 45.0 Å². The van der Waals surface area contributed by atoms with Crippen molar-refractivity contribution in [3.05, 3.63) is 18.3 Å². The van der Waals surface area contributed by atoms with Crippen LogP contribution in [0.1, 0.15) is 27.7 Å². The van der Waals surface area contributed by atoms with E-state index in [2.05, 4.69) is 4.98 Å². The summed E-state index contributed by atoms with van der Waals surface area (Å²) >= 11 is 1.36. The average molecular weight is 374 g/mol. The maximum absolute atomic E-state index is 12.5. The van der Waals surface area contributed by atoms with Gasteiger partial charge < -0.3 is 4.90 Å². The molecule has 1 aromatic rings. The highest BCUT2D eigenvalue weighted by molar-refractivity contribution is 8.00. The van der Waals surface area contributed by atoms with Crippen LogP contribution >= 0.6 is 11.8 Å². The molecule has 1 aromatic heterocycles. The molecular weight excluding hydrogens is 346 g/mol. The van der Waals surface area contributed by atoms with Gasteiger partial charge in [-0.25, -0.2) is 13.4 Å². The van der Waals surface area contributed by atoms with Crippen LogP contribution in [0.5, 0.6) is 0 Å². The zero-order chi connectivity index (χ0) is 18.5. The van der Waals surface area contributed by atoms with Crippen LogP contribution < -0.4 is 0 Å². The van der Waals surface area contributed by atoms with E-state index in [-0.39, 0.29) is 22.0 Å². The van der Waals surface area contributed by atoms with Crippen LogP contribution in [0, 0.1) is 5.92 Å². The molecule has 0 fully saturated rings. The number of pyridine rings is 1. The van der Waals surface area contributed by atoms with Crippen molar-refractivity contribution in [1.29, 1.82) is 0 Å². The van der Waals surface area contributed by atoms with Gasteiger partial charge >= 0.3 is 0 Å². The molecule has 0 spiro atoms. The number of hydrogen-bond acceptors (Lipinski definition) is 5. The molecule has 0 aliphatic carbocycles. The van der Waals surface area contributed by atoms with Gasteiger partial charge in [-0.1, -0.05) is 39.5 Å². The molecule has 1 atom stereocenters. The third kappa shape index (κ3) is 4.94. The lowest BCUT2D eigenvalue weighted by atomic mass is 10.1. The Bertz CT molecular complexity index is 639. The Kier molecular flexibility index (Phi) is 7.69. The van der Waals surface area contributed by atoms with Gasteiger partial charge in [0, 0.05) is 33.4 Å². The van der Waals surface area contributed by atoms with Gasteiger partial charge in [0.1, 0.15) is 4.90 Å². The normalized spacial score (nSPS) is 13.3. The molecule has 8 heteroatoms. The molecule has 0 saturated carbocycles. The molecule has 0 radical (unpaired) electrons. The first kappa shape index (κ1) is 20.9. The zero-order valence-corrected chi connectivity index (χ0v) is 16.8. The molecule has 1 unspecified atom stereocenters. The number of sulfonamides is 1. The second-order valence-corrected chi connectivity index (χ2v) is 9.04. The van der Waals surface area contributed by atoms with E-state index < -0.39 is 10.0 Å². The molecule has 0 aliphatic heterocycles. The van der Waals surface area contributed by atoms with E-state index in [4.69, 9.17) is 0 Å². The lowest BCUT2D eigenvalue weighted by Gasteiger charge is -2.23. The smallest absolute Gasteiger partial charge is 0.244 e. The van der Waals surface area contributed by atoms with Crippen LogP contribution in [-0.4, -0.2) is 60.9 Å². The molecule has 0 N–H and O–H groups in total. The molecular formula is C16H27N3O3S2. The van der Waals surface area contributed by atoms with Crippen molar-refractivity contribution in [2.75, 3.05) is 27.2 Å². The number of aromatic nitrogens is 1. The molecule has 6 nitrogen and oxygen atoms in total. The van der Waals surface area contributed by atoms with Crippen molar-refractivity contribution in [3.8, 4) is 0 Å². The molecule has 136 valence electrons. The van der Waals surface area contributed by atoms with Gasteiger partial charge in [-0.3, -0.25) is 4.79 Å². The van der Waals surface area contributed by atoms with Crippen molar-refractivity contribution in [2.24, 2.45) is 5.92 Å². The Hall–Kier alpha value is -1.12. The molecule has 24 heavy (non-hydrogen) atoms. The van der Waals surface area contributed by atoms with Gasteiger partial charge in [0.05, 0.1) is 10.3 Å². The minimum absolute atomic E-state index is 0.0247. The van der Waals surface area contributed by atoms with Crippen molar-refractivity contribution in [2.45, 2.75) is 42.9 Å². The quantitative estimate of drug-likeness (QED) is 0.654. The van der Waals surface area contributed by atoms with Crippen LogP contribution in [0.15, 0.2) is 28.3 Å². The van der Waals surface area contributed by atoms with Crippen molar-refractivity contribution < 1.29 is 13.2 Å². The van der Waals surface area contributed by atoms with Crippen LogP contribution in [0.25, 0.3) is 0 Å². The number of hydrogen-bond donors (Lipinski definition) is 0. The van der Waals surface area contributed by atoms with Gasteiger partial charge in [0.15, 0.2) is 0 Å². The number of thioether (sulfide) groups is 1.